The molecule has 0 aliphatic heterocycles. The van der Waals surface area contributed by atoms with Gasteiger partial charge in [-0.05, 0) is 51.5 Å². The summed E-state index contributed by atoms with van der Waals surface area (Å²) in [6, 6.07) is 21.6. The molecule has 0 N–H and O–H groups in total. The van der Waals surface area contributed by atoms with Crippen molar-refractivity contribution < 1.29 is 19.1 Å². The van der Waals surface area contributed by atoms with Crippen LogP contribution in [-0.2, 0) is 26.4 Å². The van der Waals surface area contributed by atoms with Gasteiger partial charge < -0.3 is 9.47 Å². The third kappa shape index (κ3) is 6.35. The van der Waals surface area contributed by atoms with Gasteiger partial charge in [-0.2, -0.15) is 0 Å². The lowest BCUT2D eigenvalue weighted by Crippen LogP contribution is -2.45. The van der Waals surface area contributed by atoms with Gasteiger partial charge in [0.1, 0.15) is 5.60 Å². The summed E-state index contributed by atoms with van der Waals surface area (Å²) in [7, 11) is 0. The van der Waals surface area contributed by atoms with Gasteiger partial charge in [-0.1, -0.05) is 54.6 Å². The molecule has 1 atom stereocenters. The molecule has 33 heavy (non-hydrogen) atoms. The monoisotopic (exact) mass is 444 g/mol. The number of hydrogen-bond acceptors (Lipinski definition) is 6. The molecule has 6 nitrogen and oxygen atoms in total. The van der Waals surface area contributed by atoms with Gasteiger partial charge in [0.05, 0.1) is 12.1 Å². The van der Waals surface area contributed by atoms with E-state index in [1.165, 1.54) is 0 Å². The number of carbonyl (C=O) groups excluding carboxylic acids is 2. The Hall–Kier alpha value is -3.80. The van der Waals surface area contributed by atoms with Crippen molar-refractivity contribution >= 4 is 17.7 Å². The molecular formula is C27H28N2O4. The summed E-state index contributed by atoms with van der Waals surface area (Å²) in [4.78, 5) is 35.2. The van der Waals surface area contributed by atoms with Crippen molar-refractivity contribution in [1.29, 1.82) is 0 Å². The van der Waals surface area contributed by atoms with Crippen LogP contribution >= 0.6 is 0 Å². The number of esters is 2. The normalized spacial score (nSPS) is 13.6. The summed E-state index contributed by atoms with van der Waals surface area (Å²) >= 11 is 0. The van der Waals surface area contributed by atoms with Crippen molar-refractivity contribution in [3.8, 4) is 0 Å². The minimum Gasteiger partial charge on any atom is -0.455 e. The SMILES string of the molecule is CC(C)(C)OC(=O)C(=NCc1ccccc1)C(C)(OC(=O)c1ccccc1)c1cccnc1. The molecule has 1 aromatic heterocycles. The van der Waals surface area contributed by atoms with Crippen LogP contribution in [0.4, 0.5) is 0 Å². The van der Waals surface area contributed by atoms with E-state index in [1.54, 1.807) is 76.5 Å². The highest BCUT2D eigenvalue weighted by molar-refractivity contribution is 6.40. The Morgan fingerprint density at radius 1 is 0.848 bits per heavy atom. The van der Waals surface area contributed by atoms with Crippen LogP contribution in [0.25, 0.3) is 0 Å². The third-order valence-electron chi connectivity index (χ3n) is 4.83. The van der Waals surface area contributed by atoms with Crippen LogP contribution in [0.5, 0.6) is 0 Å². The van der Waals surface area contributed by atoms with E-state index in [0.29, 0.717) is 11.1 Å². The molecule has 1 heterocycles. The fourth-order valence-electron chi connectivity index (χ4n) is 3.20. The summed E-state index contributed by atoms with van der Waals surface area (Å²) in [6.07, 6.45) is 3.16. The fraction of sp³-hybridized carbons (Fsp3) is 0.259. The highest BCUT2D eigenvalue weighted by Crippen LogP contribution is 2.30. The molecule has 0 radical (unpaired) electrons. The van der Waals surface area contributed by atoms with E-state index < -0.39 is 23.1 Å². The molecule has 0 bridgehead atoms. The standard InChI is InChI=1S/C27H28N2O4/c1-26(2,3)32-25(31)23(29-18-20-12-7-5-8-13-20)27(4,22-16-11-17-28-19-22)33-24(30)21-14-9-6-10-15-21/h5-17,19H,18H2,1-4H3. The Morgan fingerprint density at radius 3 is 2.06 bits per heavy atom. The van der Waals surface area contributed by atoms with Gasteiger partial charge in [-0.15, -0.1) is 0 Å². The second kappa shape index (κ2) is 10.2. The van der Waals surface area contributed by atoms with Crippen molar-refractivity contribution in [2.75, 3.05) is 0 Å². The maximum Gasteiger partial charge on any atom is 0.357 e. The minimum absolute atomic E-state index is 0.0152. The number of carbonyl (C=O) groups is 2. The van der Waals surface area contributed by atoms with Crippen LogP contribution < -0.4 is 0 Å². The first-order valence-electron chi connectivity index (χ1n) is 10.7. The Bertz CT molecular complexity index is 1110. The molecule has 0 saturated heterocycles. The number of aliphatic imine (C=N–C) groups is 1. The number of hydrogen-bond donors (Lipinski definition) is 0. The number of ether oxygens (including phenoxy) is 2. The van der Waals surface area contributed by atoms with Gasteiger partial charge >= 0.3 is 11.9 Å². The minimum atomic E-state index is -1.53. The quantitative estimate of drug-likeness (QED) is 0.373. The maximum absolute atomic E-state index is 13.4. The van der Waals surface area contributed by atoms with E-state index in [-0.39, 0.29) is 12.3 Å². The molecule has 0 amide bonds. The molecule has 1 unspecified atom stereocenters. The number of pyridine rings is 1. The molecule has 0 spiro atoms. The second-order valence-corrected chi connectivity index (χ2v) is 8.68. The summed E-state index contributed by atoms with van der Waals surface area (Å²) < 4.78 is 11.6. The van der Waals surface area contributed by atoms with Crippen molar-refractivity contribution in [1.82, 2.24) is 4.98 Å². The molecule has 3 rings (SSSR count). The highest BCUT2D eigenvalue weighted by atomic mass is 16.6. The lowest BCUT2D eigenvalue weighted by Gasteiger charge is -2.32. The van der Waals surface area contributed by atoms with Gasteiger partial charge in [-0.3, -0.25) is 9.98 Å². The lowest BCUT2D eigenvalue weighted by atomic mass is 9.90. The van der Waals surface area contributed by atoms with Crippen molar-refractivity contribution in [3.05, 3.63) is 102 Å². The highest BCUT2D eigenvalue weighted by Gasteiger charge is 2.43. The van der Waals surface area contributed by atoms with Gasteiger partial charge in [0.25, 0.3) is 0 Å². The molecular weight excluding hydrogens is 416 g/mol. The average molecular weight is 445 g/mol. The average Bonchev–Trinajstić information content (AvgIpc) is 2.80. The predicted molar refractivity (Wildman–Crippen MR) is 127 cm³/mol. The van der Waals surface area contributed by atoms with E-state index in [2.05, 4.69) is 9.98 Å². The molecule has 2 aromatic carbocycles. The second-order valence-electron chi connectivity index (χ2n) is 8.68. The molecule has 0 aliphatic carbocycles. The van der Waals surface area contributed by atoms with Crippen molar-refractivity contribution in [3.63, 3.8) is 0 Å². The molecule has 0 aliphatic rings. The fourth-order valence-corrected chi connectivity index (χ4v) is 3.20. The van der Waals surface area contributed by atoms with Gasteiger partial charge in [0.15, 0.2) is 11.3 Å². The Morgan fingerprint density at radius 2 is 1.48 bits per heavy atom. The maximum atomic E-state index is 13.4. The first-order valence-corrected chi connectivity index (χ1v) is 10.7. The zero-order chi connectivity index (χ0) is 23.9. The number of nitrogens with zero attached hydrogens (tertiary/aromatic N) is 2. The van der Waals surface area contributed by atoms with Gasteiger partial charge in [0, 0.05) is 18.0 Å². The molecule has 170 valence electrons. The molecule has 3 aromatic rings. The van der Waals surface area contributed by atoms with E-state index >= 15 is 0 Å². The lowest BCUT2D eigenvalue weighted by molar-refractivity contribution is -0.147. The van der Waals surface area contributed by atoms with E-state index in [0.717, 1.165) is 5.56 Å². The zero-order valence-electron chi connectivity index (χ0n) is 19.3. The first-order chi connectivity index (χ1) is 15.7. The van der Waals surface area contributed by atoms with Crippen LogP contribution in [0, 0.1) is 0 Å². The van der Waals surface area contributed by atoms with Gasteiger partial charge in [0.2, 0.25) is 0 Å². The van der Waals surface area contributed by atoms with E-state index in [1.807, 2.05) is 36.4 Å². The third-order valence-corrected chi connectivity index (χ3v) is 4.83. The summed E-state index contributed by atoms with van der Waals surface area (Å²) in [5.74, 6) is -1.25. The van der Waals surface area contributed by atoms with Crippen molar-refractivity contribution in [2.24, 2.45) is 4.99 Å². The van der Waals surface area contributed by atoms with Crippen molar-refractivity contribution in [2.45, 2.75) is 45.4 Å². The number of rotatable bonds is 7. The van der Waals surface area contributed by atoms with E-state index in [9.17, 15) is 9.59 Å². The number of aromatic nitrogens is 1. The van der Waals surface area contributed by atoms with Crippen LogP contribution in [-0.4, -0.2) is 28.2 Å². The Balaban J connectivity index is 2.09. The Labute approximate surface area is 194 Å². The molecule has 6 heteroatoms. The summed E-state index contributed by atoms with van der Waals surface area (Å²) in [5.41, 5.74) is -0.534. The summed E-state index contributed by atoms with van der Waals surface area (Å²) in [5, 5.41) is 0. The van der Waals surface area contributed by atoms with E-state index in [4.69, 9.17) is 9.47 Å². The zero-order valence-corrected chi connectivity index (χ0v) is 19.3. The van der Waals surface area contributed by atoms with Gasteiger partial charge in [-0.25, -0.2) is 9.59 Å². The van der Waals surface area contributed by atoms with Crippen LogP contribution in [0.2, 0.25) is 0 Å². The first kappa shape index (κ1) is 23.9. The number of benzene rings is 2. The molecule has 0 fully saturated rings. The van der Waals surface area contributed by atoms with Crippen LogP contribution in [0.15, 0.2) is 90.2 Å². The summed E-state index contributed by atoms with van der Waals surface area (Å²) in [6.45, 7) is 7.18. The molecule has 0 saturated carbocycles. The largest absolute Gasteiger partial charge is 0.455 e. The van der Waals surface area contributed by atoms with Crippen LogP contribution in [0.3, 0.4) is 0 Å². The topological polar surface area (TPSA) is 77.9 Å². The Kier molecular flexibility index (Phi) is 7.38. The predicted octanol–water partition coefficient (Wildman–Crippen LogP) is 5.14. The smallest absolute Gasteiger partial charge is 0.357 e. The van der Waals surface area contributed by atoms with Crippen LogP contribution in [0.1, 0.15) is 49.2 Å².